The molecule has 1 aromatic carbocycles. The van der Waals surface area contributed by atoms with E-state index in [9.17, 15) is 26.4 Å². The van der Waals surface area contributed by atoms with Crippen LogP contribution in [0, 0.1) is 11.8 Å². The molecule has 37 heavy (non-hydrogen) atoms. The summed E-state index contributed by atoms with van der Waals surface area (Å²) in [6, 6.07) is 10.6. The first-order valence-corrected chi connectivity index (χ1v) is 14.3. The van der Waals surface area contributed by atoms with Crippen LogP contribution in [0.4, 0.5) is 13.2 Å². The molecule has 1 amide bonds. The van der Waals surface area contributed by atoms with Crippen LogP contribution in [0.1, 0.15) is 61.3 Å². The van der Waals surface area contributed by atoms with Crippen LogP contribution in [0.5, 0.6) is 0 Å². The standard InChI is InChI=1S/C27H32F3N3O3S/c1-3-33-23(13-18-5-8-21(9-6-18)27(28,29)30)15-20-14-19(7-12-25(20)33)26(34)32-16-22-10-11-24(17-31-22)37(35,36)4-2/h7,10-12,14-15,17-18,21H,3-6,8-9,13,16H2,1-2H3,(H,32,34)/t18-,21+. The van der Waals surface area contributed by atoms with Gasteiger partial charge in [0, 0.05) is 34.9 Å². The Morgan fingerprint density at radius 2 is 1.81 bits per heavy atom. The van der Waals surface area contributed by atoms with Gasteiger partial charge in [-0.15, -0.1) is 0 Å². The Labute approximate surface area is 215 Å². The van der Waals surface area contributed by atoms with E-state index in [0.717, 1.165) is 29.6 Å². The van der Waals surface area contributed by atoms with E-state index >= 15 is 0 Å². The minimum Gasteiger partial charge on any atom is -0.346 e. The van der Waals surface area contributed by atoms with Crippen molar-refractivity contribution in [2.75, 3.05) is 5.75 Å². The van der Waals surface area contributed by atoms with Crippen molar-refractivity contribution in [3.05, 3.63) is 59.5 Å². The fraction of sp³-hybridized carbons (Fsp3) is 0.481. The molecule has 1 aliphatic carbocycles. The van der Waals surface area contributed by atoms with Crippen LogP contribution in [0.3, 0.4) is 0 Å². The molecule has 4 rings (SSSR count). The highest BCUT2D eigenvalue weighted by molar-refractivity contribution is 7.91. The van der Waals surface area contributed by atoms with Gasteiger partial charge in [0.2, 0.25) is 0 Å². The average Bonchev–Trinajstić information content (AvgIpc) is 3.23. The van der Waals surface area contributed by atoms with Gasteiger partial charge in [0.1, 0.15) is 0 Å². The molecule has 0 spiro atoms. The molecule has 1 aliphatic rings. The highest BCUT2D eigenvalue weighted by Gasteiger charge is 2.41. The predicted molar refractivity (Wildman–Crippen MR) is 136 cm³/mol. The van der Waals surface area contributed by atoms with E-state index in [2.05, 4.69) is 14.9 Å². The summed E-state index contributed by atoms with van der Waals surface area (Å²) in [6.45, 7) is 4.50. The van der Waals surface area contributed by atoms with E-state index in [1.54, 1.807) is 19.1 Å². The number of alkyl halides is 3. The number of hydrogen-bond acceptors (Lipinski definition) is 4. The maximum absolute atomic E-state index is 13.0. The zero-order chi connectivity index (χ0) is 26.8. The van der Waals surface area contributed by atoms with Crippen LogP contribution in [0.25, 0.3) is 10.9 Å². The number of carbonyl (C=O) groups is 1. The third kappa shape index (κ3) is 6.17. The highest BCUT2D eigenvalue weighted by atomic mass is 32.2. The number of aromatic nitrogens is 2. The lowest BCUT2D eigenvalue weighted by atomic mass is 9.79. The Kier molecular flexibility index (Phi) is 7.96. The number of pyridine rings is 1. The second-order valence-electron chi connectivity index (χ2n) is 9.69. The van der Waals surface area contributed by atoms with Gasteiger partial charge in [0.05, 0.1) is 28.8 Å². The lowest BCUT2D eigenvalue weighted by molar-refractivity contribution is -0.183. The lowest BCUT2D eigenvalue weighted by Gasteiger charge is -2.30. The Bertz CT molecular complexity index is 1360. The topological polar surface area (TPSA) is 81.1 Å². The largest absolute Gasteiger partial charge is 0.391 e. The van der Waals surface area contributed by atoms with Crippen molar-refractivity contribution < 1.29 is 26.4 Å². The summed E-state index contributed by atoms with van der Waals surface area (Å²) in [7, 11) is -3.33. The van der Waals surface area contributed by atoms with Gasteiger partial charge in [-0.1, -0.05) is 6.92 Å². The molecule has 0 unspecified atom stereocenters. The smallest absolute Gasteiger partial charge is 0.346 e. The summed E-state index contributed by atoms with van der Waals surface area (Å²) < 4.78 is 65.1. The van der Waals surface area contributed by atoms with Crippen LogP contribution >= 0.6 is 0 Å². The molecule has 0 radical (unpaired) electrons. The van der Waals surface area contributed by atoms with Crippen molar-refractivity contribution in [2.24, 2.45) is 11.8 Å². The molecule has 10 heteroatoms. The number of amides is 1. The summed E-state index contributed by atoms with van der Waals surface area (Å²) in [4.78, 5) is 17.1. The van der Waals surface area contributed by atoms with Gasteiger partial charge in [-0.25, -0.2) is 8.42 Å². The normalized spacial score (nSPS) is 18.7. The van der Waals surface area contributed by atoms with Crippen LogP contribution in [0.15, 0.2) is 47.5 Å². The van der Waals surface area contributed by atoms with E-state index in [1.165, 1.54) is 12.3 Å². The number of hydrogen-bond donors (Lipinski definition) is 1. The van der Waals surface area contributed by atoms with Gasteiger partial charge in [0.15, 0.2) is 9.84 Å². The monoisotopic (exact) mass is 535 g/mol. The number of halogens is 3. The highest BCUT2D eigenvalue weighted by Crippen LogP contribution is 2.40. The molecule has 1 saturated carbocycles. The number of rotatable bonds is 8. The quantitative estimate of drug-likeness (QED) is 0.402. The van der Waals surface area contributed by atoms with Crippen molar-refractivity contribution in [2.45, 2.75) is 70.1 Å². The van der Waals surface area contributed by atoms with Gasteiger partial charge >= 0.3 is 6.18 Å². The van der Waals surface area contributed by atoms with E-state index in [1.807, 2.05) is 25.1 Å². The average molecular weight is 536 g/mol. The summed E-state index contributed by atoms with van der Waals surface area (Å²) in [5.74, 6) is -1.24. The Balaban J connectivity index is 1.42. The Morgan fingerprint density at radius 3 is 2.41 bits per heavy atom. The number of nitrogens with one attached hydrogen (secondary N) is 1. The zero-order valence-corrected chi connectivity index (χ0v) is 21.8. The summed E-state index contributed by atoms with van der Waals surface area (Å²) >= 11 is 0. The third-order valence-electron chi connectivity index (χ3n) is 7.34. The lowest BCUT2D eigenvalue weighted by Crippen LogP contribution is -2.28. The summed E-state index contributed by atoms with van der Waals surface area (Å²) in [5, 5.41) is 3.74. The minimum atomic E-state index is -4.10. The van der Waals surface area contributed by atoms with Crippen molar-refractivity contribution in [3.63, 3.8) is 0 Å². The van der Waals surface area contributed by atoms with Crippen LogP contribution < -0.4 is 5.32 Å². The summed E-state index contributed by atoms with van der Waals surface area (Å²) in [5.41, 5.74) is 3.11. The van der Waals surface area contributed by atoms with E-state index in [4.69, 9.17) is 0 Å². The molecule has 200 valence electrons. The summed E-state index contributed by atoms with van der Waals surface area (Å²) in [6.07, 6.45) is -0.547. The van der Waals surface area contributed by atoms with E-state index < -0.39 is 21.9 Å². The molecular weight excluding hydrogens is 503 g/mol. The number of fused-ring (bicyclic) bond motifs is 1. The molecule has 2 heterocycles. The van der Waals surface area contributed by atoms with E-state index in [0.29, 0.717) is 24.1 Å². The number of carbonyl (C=O) groups excluding carboxylic acids is 1. The molecule has 0 saturated heterocycles. The molecule has 3 aromatic rings. The fourth-order valence-electron chi connectivity index (χ4n) is 5.14. The molecule has 1 N–H and O–H groups in total. The van der Waals surface area contributed by atoms with Crippen LogP contribution in [0.2, 0.25) is 0 Å². The van der Waals surface area contributed by atoms with Crippen molar-refractivity contribution in [1.82, 2.24) is 14.9 Å². The molecule has 2 aromatic heterocycles. The van der Waals surface area contributed by atoms with Gasteiger partial charge < -0.3 is 9.88 Å². The molecular formula is C27H32F3N3O3S. The first-order chi connectivity index (χ1) is 17.5. The molecule has 0 atom stereocenters. The fourth-order valence-corrected chi connectivity index (χ4v) is 5.96. The van der Waals surface area contributed by atoms with Gasteiger partial charge in [-0.3, -0.25) is 9.78 Å². The molecule has 6 nitrogen and oxygen atoms in total. The first kappa shape index (κ1) is 27.2. The van der Waals surface area contributed by atoms with Gasteiger partial charge in [-0.05, 0) is 81.3 Å². The first-order valence-electron chi connectivity index (χ1n) is 12.7. The number of sulfone groups is 1. The maximum Gasteiger partial charge on any atom is 0.391 e. The van der Waals surface area contributed by atoms with Crippen LogP contribution in [-0.2, 0) is 29.3 Å². The van der Waals surface area contributed by atoms with E-state index in [-0.39, 0.29) is 41.9 Å². The Morgan fingerprint density at radius 1 is 1.08 bits per heavy atom. The molecule has 0 bridgehead atoms. The zero-order valence-electron chi connectivity index (χ0n) is 21.0. The van der Waals surface area contributed by atoms with Crippen LogP contribution in [-0.4, -0.2) is 35.8 Å². The Hall–Kier alpha value is -2.88. The third-order valence-corrected chi connectivity index (χ3v) is 9.06. The van der Waals surface area contributed by atoms with Gasteiger partial charge in [-0.2, -0.15) is 13.2 Å². The molecule has 0 aliphatic heterocycles. The van der Waals surface area contributed by atoms with Crippen molar-refractivity contribution in [3.8, 4) is 0 Å². The number of aryl methyl sites for hydroxylation is 1. The van der Waals surface area contributed by atoms with Crippen molar-refractivity contribution in [1.29, 1.82) is 0 Å². The number of nitrogens with zero attached hydrogens (tertiary/aromatic N) is 2. The van der Waals surface area contributed by atoms with Gasteiger partial charge in [0.25, 0.3) is 5.91 Å². The minimum absolute atomic E-state index is 0.00606. The maximum atomic E-state index is 13.0. The molecule has 1 fully saturated rings. The number of benzene rings is 1. The SMILES string of the molecule is CCn1c(C[C@H]2CC[C@@H](C(F)(F)F)CC2)cc2cc(C(=O)NCc3ccc(S(=O)(=O)CC)cn3)ccc21. The van der Waals surface area contributed by atoms with Crippen molar-refractivity contribution >= 4 is 26.6 Å². The predicted octanol–water partition coefficient (Wildman–Crippen LogP) is 5.69. The second-order valence-corrected chi connectivity index (χ2v) is 12.0. The second kappa shape index (κ2) is 10.8.